The Hall–Kier alpha value is -3.56. The lowest BCUT2D eigenvalue weighted by molar-refractivity contribution is -0.385. The van der Waals surface area contributed by atoms with Gasteiger partial charge in [-0.25, -0.2) is 4.98 Å². The number of aromatic nitrogens is 3. The number of hydrogen-bond donors (Lipinski definition) is 2. The highest BCUT2D eigenvalue weighted by Gasteiger charge is 2.22. The molecule has 0 fully saturated rings. The Morgan fingerprint density at radius 3 is 2.70 bits per heavy atom. The lowest BCUT2D eigenvalue weighted by atomic mass is 10.1. The van der Waals surface area contributed by atoms with E-state index in [2.05, 4.69) is 15.1 Å². The summed E-state index contributed by atoms with van der Waals surface area (Å²) in [5.74, 6) is -2.50. The Bertz CT molecular complexity index is 911. The molecule has 0 amide bonds. The van der Waals surface area contributed by atoms with E-state index in [-0.39, 0.29) is 23.0 Å². The van der Waals surface area contributed by atoms with Crippen molar-refractivity contribution in [1.29, 1.82) is 0 Å². The van der Waals surface area contributed by atoms with Crippen LogP contribution >= 0.6 is 0 Å². The molecule has 2 heterocycles. The monoisotopic (exact) mass is 318 g/mol. The van der Waals surface area contributed by atoms with Crippen LogP contribution in [0.25, 0.3) is 23.0 Å². The van der Waals surface area contributed by atoms with Gasteiger partial charge in [-0.2, -0.15) is 9.37 Å². The number of nitro benzene ring substituents is 1. The van der Waals surface area contributed by atoms with Crippen LogP contribution < -0.4 is 0 Å². The predicted molar refractivity (Wildman–Crippen MR) is 72.9 cm³/mol. The van der Waals surface area contributed by atoms with Gasteiger partial charge in [-0.05, 0) is 18.2 Å². The zero-order valence-electron chi connectivity index (χ0n) is 11.2. The standard InChI is InChI=1S/C13H7FN4O5/c14-10-3-1-2-7(15-10)13-16-12(17-23-13)6-4-8(18(21)22)11(20)9(19)5-6/h1-5,19-20H. The van der Waals surface area contributed by atoms with Gasteiger partial charge in [0.25, 0.3) is 5.89 Å². The van der Waals surface area contributed by atoms with Crippen LogP contribution in [0.5, 0.6) is 11.5 Å². The molecule has 116 valence electrons. The number of pyridine rings is 1. The second-order valence-electron chi connectivity index (χ2n) is 4.39. The molecule has 0 aliphatic heterocycles. The minimum absolute atomic E-state index is 0.0402. The lowest BCUT2D eigenvalue weighted by Gasteiger charge is -2.01. The van der Waals surface area contributed by atoms with Gasteiger partial charge in [0.15, 0.2) is 5.75 Å². The molecule has 0 aliphatic rings. The highest BCUT2D eigenvalue weighted by atomic mass is 19.1. The number of nitrogens with zero attached hydrogens (tertiary/aromatic N) is 4. The second kappa shape index (κ2) is 5.33. The molecule has 23 heavy (non-hydrogen) atoms. The van der Waals surface area contributed by atoms with Crippen LogP contribution in [0.4, 0.5) is 10.1 Å². The molecule has 2 N–H and O–H groups in total. The van der Waals surface area contributed by atoms with Crippen LogP contribution in [-0.2, 0) is 0 Å². The van der Waals surface area contributed by atoms with Crippen molar-refractivity contribution >= 4 is 5.69 Å². The molecule has 0 saturated heterocycles. The number of phenolic OH excluding ortho intramolecular Hbond substituents is 2. The van der Waals surface area contributed by atoms with Crippen molar-refractivity contribution in [3.63, 3.8) is 0 Å². The van der Waals surface area contributed by atoms with Gasteiger partial charge in [0.1, 0.15) is 5.69 Å². The SMILES string of the molecule is O=[N+]([O-])c1cc(-c2noc(-c3cccc(F)n3)n2)cc(O)c1O. The molecule has 0 unspecified atom stereocenters. The molecule has 0 aliphatic carbocycles. The molecule has 1 aromatic carbocycles. The van der Waals surface area contributed by atoms with Crippen LogP contribution in [0.15, 0.2) is 34.9 Å². The number of phenols is 2. The quantitative estimate of drug-likeness (QED) is 0.325. The third-order valence-corrected chi connectivity index (χ3v) is 2.88. The van der Waals surface area contributed by atoms with Crippen molar-refractivity contribution < 1.29 is 24.0 Å². The van der Waals surface area contributed by atoms with Crippen LogP contribution in [0.1, 0.15) is 0 Å². The maximum absolute atomic E-state index is 13.1. The van der Waals surface area contributed by atoms with Gasteiger partial charge in [-0.1, -0.05) is 11.2 Å². The van der Waals surface area contributed by atoms with E-state index < -0.39 is 28.1 Å². The number of aromatic hydroxyl groups is 2. The molecule has 0 radical (unpaired) electrons. The maximum atomic E-state index is 13.1. The fourth-order valence-corrected chi connectivity index (χ4v) is 1.84. The van der Waals surface area contributed by atoms with E-state index in [1.807, 2.05) is 0 Å². The van der Waals surface area contributed by atoms with Gasteiger partial charge in [-0.15, -0.1) is 0 Å². The van der Waals surface area contributed by atoms with Gasteiger partial charge in [0, 0.05) is 11.6 Å². The van der Waals surface area contributed by atoms with Crippen molar-refractivity contribution in [2.75, 3.05) is 0 Å². The van der Waals surface area contributed by atoms with E-state index in [1.165, 1.54) is 12.1 Å². The number of rotatable bonds is 3. The molecule has 3 rings (SSSR count). The first kappa shape index (κ1) is 14.4. The van der Waals surface area contributed by atoms with Gasteiger partial charge in [-0.3, -0.25) is 10.1 Å². The summed E-state index contributed by atoms with van der Waals surface area (Å²) in [5, 5.41) is 33.4. The Labute approximate surface area is 126 Å². The first-order chi connectivity index (χ1) is 11.0. The van der Waals surface area contributed by atoms with E-state index in [9.17, 15) is 24.7 Å². The highest BCUT2D eigenvalue weighted by Crippen LogP contribution is 2.38. The summed E-state index contributed by atoms with van der Waals surface area (Å²) in [4.78, 5) is 17.5. The molecule has 0 spiro atoms. The van der Waals surface area contributed by atoms with Crippen molar-refractivity contribution in [3.05, 3.63) is 46.4 Å². The van der Waals surface area contributed by atoms with Crippen molar-refractivity contribution in [3.8, 4) is 34.5 Å². The summed E-state index contributed by atoms with van der Waals surface area (Å²) in [6.07, 6.45) is 0. The normalized spacial score (nSPS) is 10.7. The number of halogens is 1. The molecule has 2 aromatic heterocycles. The first-order valence-electron chi connectivity index (χ1n) is 6.13. The molecule has 0 bridgehead atoms. The minimum Gasteiger partial charge on any atom is -0.504 e. The van der Waals surface area contributed by atoms with Crippen LogP contribution in [0.3, 0.4) is 0 Å². The third kappa shape index (κ3) is 2.64. The molecule has 10 heteroatoms. The van der Waals surface area contributed by atoms with Crippen molar-refractivity contribution in [2.24, 2.45) is 0 Å². The Morgan fingerprint density at radius 2 is 2.00 bits per heavy atom. The van der Waals surface area contributed by atoms with E-state index >= 15 is 0 Å². The first-order valence-corrected chi connectivity index (χ1v) is 6.13. The molecule has 0 saturated carbocycles. The smallest absolute Gasteiger partial charge is 0.315 e. The largest absolute Gasteiger partial charge is 0.504 e. The van der Waals surface area contributed by atoms with Crippen molar-refractivity contribution in [2.45, 2.75) is 0 Å². The van der Waals surface area contributed by atoms with Crippen LogP contribution in [0, 0.1) is 16.1 Å². The predicted octanol–water partition coefficient (Wildman–Crippen LogP) is 2.26. The highest BCUT2D eigenvalue weighted by molar-refractivity contribution is 5.68. The zero-order valence-corrected chi connectivity index (χ0v) is 11.2. The van der Waals surface area contributed by atoms with E-state index in [0.717, 1.165) is 18.2 Å². The second-order valence-corrected chi connectivity index (χ2v) is 4.39. The Morgan fingerprint density at radius 1 is 1.22 bits per heavy atom. The zero-order chi connectivity index (χ0) is 16.6. The summed E-state index contributed by atoms with van der Waals surface area (Å²) >= 11 is 0. The summed E-state index contributed by atoms with van der Waals surface area (Å²) < 4.78 is 18.0. The van der Waals surface area contributed by atoms with E-state index in [4.69, 9.17) is 4.52 Å². The summed E-state index contributed by atoms with van der Waals surface area (Å²) in [5.41, 5.74) is -0.588. The maximum Gasteiger partial charge on any atom is 0.315 e. The number of hydrogen-bond acceptors (Lipinski definition) is 8. The van der Waals surface area contributed by atoms with Crippen LogP contribution in [0.2, 0.25) is 0 Å². The Balaban J connectivity index is 2.06. The third-order valence-electron chi connectivity index (χ3n) is 2.88. The van der Waals surface area contributed by atoms with Gasteiger partial charge < -0.3 is 14.7 Å². The topological polar surface area (TPSA) is 135 Å². The molecular formula is C13H7FN4O5. The molecule has 9 nitrogen and oxygen atoms in total. The molecule has 0 atom stereocenters. The lowest BCUT2D eigenvalue weighted by Crippen LogP contribution is -1.91. The number of nitro groups is 1. The fourth-order valence-electron chi connectivity index (χ4n) is 1.84. The summed E-state index contributed by atoms with van der Waals surface area (Å²) in [7, 11) is 0. The van der Waals surface area contributed by atoms with Crippen LogP contribution in [-0.4, -0.2) is 30.3 Å². The summed E-state index contributed by atoms with van der Waals surface area (Å²) in [6, 6.07) is 6.00. The molecule has 3 aromatic rings. The van der Waals surface area contributed by atoms with E-state index in [1.54, 1.807) is 0 Å². The number of benzene rings is 1. The average Bonchev–Trinajstić information content (AvgIpc) is 2.99. The average molecular weight is 318 g/mol. The van der Waals surface area contributed by atoms with E-state index in [0.29, 0.717) is 0 Å². The van der Waals surface area contributed by atoms with Gasteiger partial charge in [0.05, 0.1) is 4.92 Å². The van der Waals surface area contributed by atoms with Gasteiger partial charge >= 0.3 is 5.69 Å². The van der Waals surface area contributed by atoms with Gasteiger partial charge in [0.2, 0.25) is 17.5 Å². The summed E-state index contributed by atoms with van der Waals surface area (Å²) in [6.45, 7) is 0. The fraction of sp³-hybridized carbons (Fsp3) is 0. The van der Waals surface area contributed by atoms with Crippen molar-refractivity contribution in [1.82, 2.24) is 15.1 Å². The molecular weight excluding hydrogens is 311 g/mol. The Kier molecular flexibility index (Phi) is 3.33. The minimum atomic E-state index is -0.867.